The molecule has 0 spiro atoms. The van der Waals surface area contributed by atoms with E-state index in [0.29, 0.717) is 11.3 Å². The van der Waals surface area contributed by atoms with E-state index in [1.807, 2.05) is 11.0 Å². The topological polar surface area (TPSA) is 55.2 Å². The molecule has 118 valence electrons. The molecule has 0 radical (unpaired) electrons. The van der Waals surface area contributed by atoms with Gasteiger partial charge < -0.3 is 4.90 Å². The lowest BCUT2D eigenvalue weighted by Gasteiger charge is -2.31. The third-order valence-electron chi connectivity index (χ3n) is 4.23. The van der Waals surface area contributed by atoms with Crippen LogP contribution in [0.2, 0.25) is 0 Å². The van der Waals surface area contributed by atoms with E-state index >= 15 is 0 Å². The minimum Gasteiger partial charge on any atom is -0.341 e. The molecule has 6 heteroatoms. The van der Waals surface area contributed by atoms with Crippen molar-refractivity contribution >= 4 is 27.5 Å². The summed E-state index contributed by atoms with van der Waals surface area (Å²) in [5.41, 5.74) is -0.112. The summed E-state index contributed by atoms with van der Waals surface area (Å²) in [6.07, 6.45) is 4.62. The molecule has 1 atom stereocenters. The lowest BCUT2D eigenvalue weighted by Crippen LogP contribution is -2.42. The van der Waals surface area contributed by atoms with Gasteiger partial charge in [-0.15, -0.1) is 11.3 Å². The molecule has 1 aliphatic heterocycles. The number of likely N-dealkylation sites (tertiary alicyclic amines) is 1. The van der Waals surface area contributed by atoms with Crippen LogP contribution in [-0.2, 0) is 17.8 Å². The molecule has 5 nitrogen and oxygen atoms in total. The molecule has 1 aliphatic rings. The van der Waals surface area contributed by atoms with Crippen LogP contribution in [0.1, 0.15) is 31.6 Å². The number of hydrogen-bond donors (Lipinski definition) is 0. The molecule has 0 aromatic carbocycles. The van der Waals surface area contributed by atoms with E-state index < -0.39 is 0 Å². The smallest absolute Gasteiger partial charge is 0.262 e. The van der Waals surface area contributed by atoms with E-state index in [4.69, 9.17) is 0 Å². The van der Waals surface area contributed by atoms with E-state index in [1.165, 1.54) is 17.3 Å². The van der Waals surface area contributed by atoms with Gasteiger partial charge in [0.1, 0.15) is 11.4 Å². The first-order valence-electron chi connectivity index (χ1n) is 7.84. The number of hydrogen-bond acceptors (Lipinski definition) is 4. The maximum absolute atomic E-state index is 12.5. The van der Waals surface area contributed by atoms with Crippen LogP contribution in [0.3, 0.4) is 0 Å². The highest BCUT2D eigenvalue weighted by Crippen LogP contribution is 2.21. The SMILES string of the molecule is CCc1cc2c(=O)n(CC(=O)N3CCC[C@H](C)C3)cnc2s1. The molecule has 0 bridgehead atoms. The molecule has 2 aromatic rings. The van der Waals surface area contributed by atoms with Crippen LogP contribution >= 0.6 is 11.3 Å². The number of aromatic nitrogens is 2. The van der Waals surface area contributed by atoms with Crippen molar-refractivity contribution in [3.05, 3.63) is 27.6 Å². The fourth-order valence-electron chi connectivity index (χ4n) is 2.96. The normalized spacial score (nSPS) is 18.8. The van der Waals surface area contributed by atoms with Crippen molar-refractivity contribution in [1.82, 2.24) is 14.5 Å². The van der Waals surface area contributed by atoms with Gasteiger partial charge in [-0.1, -0.05) is 13.8 Å². The summed E-state index contributed by atoms with van der Waals surface area (Å²) in [6, 6.07) is 1.90. The Balaban J connectivity index is 1.82. The lowest BCUT2D eigenvalue weighted by atomic mass is 10.0. The first-order valence-corrected chi connectivity index (χ1v) is 8.65. The third-order valence-corrected chi connectivity index (χ3v) is 5.42. The molecule has 22 heavy (non-hydrogen) atoms. The number of aryl methyl sites for hydroxylation is 1. The van der Waals surface area contributed by atoms with Gasteiger partial charge in [0, 0.05) is 18.0 Å². The van der Waals surface area contributed by atoms with Gasteiger partial charge in [0.15, 0.2) is 0 Å². The fourth-order valence-corrected chi connectivity index (χ4v) is 3.88. The molecule has 3 rings (SSSR count). The number of rotatable bonds is 3. The van der Waals surface area contributed by atoms with Gasteiger partial charge in [0.25, 0.3) is 5.56 Å². The van der Waals surface area contributed by atoms with Gasteiger partial charge in [-0.25, -0.2) is 4.98 Å². The number of carbonyl (C=O) groups is 1. The van der Waals surface area contributed by atoms with Crippen LogP contribution in [0.25, 0.3) is 10.2 Å². The second kappa shape index (κ2) is 6.20. The Bertz CT molecular complexity index is 749. The van der Waals surface area contributed by atoms with E-state index in [-0.39, 0.29) is 18.0 Å². The minimum atomic E-state index is -0.112. The van der Waals surface area contributed by atoms with Gasteiger partial charge in [0.2, 0.25) is 5.91 Å². The zero-order valence-electron chi connectivity index (χ0n) is 13.0. The molecular weight excluding hydrogens is 298 g/mol. The first-order chi connectivity index (χ1) is 10.6. The molecule has 0 aliphatic carbocycles. The molecular formula is C16H21N3O2S. The molecule has 1 amide bonds. The summed E-state index contributed by atoms with van der Waals surface area (Å²) >= 11 is 1.55. The summed E-state index contributed by atoms with van der Waals surface area (Å²) < 4.78 is 1.44. The number of nitrogens with zero attached hydrogens (tertiary/aromatic N) is 3. The molecule has 3 heterocycles. The molecule has 0 unspecified atom stereocenters. The Morgan fingerprint density at radius 2 is 2.32 bits per heavy atom. The van der Waals surface area contributed by atoms with E-state index in [0.717, 1.165) is 35.6 Å². The number of amides is 1. The van der Waals surface area contributed by atoms with Crippen LogP contribution in [0, 0.1) is 5.92 Å². The zero-order valence-corrected chi connectivity index (χ0v) is 13.9. The highest BCUT2D eigenvalue weighted by Gasteiger charge is 2.21. The Labute approximate surface area is 133 Å². The van der Waals surface area contributed by atoms with Crippen molar-refractivity contribution in [1.29, 1.82) is 0 Å². The number of piperidine rings is 1. The highest BCUT2D eigenvalue weighted by molar-refractivity contribution is 7.18. The number of fused-ring (bicyclic) bond motifs is 1. The van der Waals surface area contributed by atoms with Gasteiger partial charge in [-0.3, -0.25) is 14.2 Å². The number of thiophene rings is 1. The summed E-state index contributed by atoms with van der Waals surface area (Å²) in [7, 11) is 0. The van der Waals surface area contributed by atoms with Gasteiger partial charge >= 0.3 is 0 Å². The van der Waals surface area contributed by atoms with Crippen molar-refractivity contribution in [2.45, 2.75) is 39.7 Å². The average molecular weight is 319 g/mol. The summed E-state index contributed by atoms with van der Waals surface area (Å²) in [5, 5.41) is 0.629. The largest absolute Gasteiger partial charge is 0.341 e. The van der Waals surface area contributed by atoms with Crippen molar-refractivity contribution in [3.63, 3.8) is 0 Å². The van der Waals surface area contributed by atoms with Crippen molar-refractivity contribution < 1.29 is 4.79 Å². The molecule has 0 N–H and O–H groups in total. The zero-order chi connectivity index (χ0) is 15.7. The maximum Gasteiger partial charge on any atom is 0.262 e. The van der Waals surface area contributed by atoms with Crippen LogP contribution in [-0.4, -0.2) is 33.4 Å². The Morgan fingerprint density at radius 3 is 3.05 bits per heavy atom. The molecule has 0 saturated carbocycles. The van der Waals surface area contributed by atoms with Crippen LogP contribution in [0.15, 0.2) is 17.2 Å². The average Bonchev–Trinajstić information content (AvgIpc) is 2.94. The maximum atomic E-state index is 12.5. The van der Waals surface area contributed by atoms with Crippen LogP contribution in [0.5, 0.6) is 0 Å². The van der Waals surface area contributed by atoms with Gasteiger partial charge in [-0.05, 0) is 31.2 Å². The molecule has 1 fully saturated rings. The second-order valence-electron chi connectivity index (χ2n) is 6.05. The second-order valence-corrected chi connectivity index (χ2v) is 7.17. The Kier molecular flexibility index (Phi) is 4.29. The third kappa shape index (κ3) is 2.92. The van der Waals surface area contributed by atoms with Gasteiger partial charge in [0.05, 0.1) is 11.7 Å². The quantitative estimate of drug-likeness (QED) is 0.872. The van der Waals surface area contributed by atoms with Crippen LogP contribution in [0.4, 0.5) is 0 Å². The number of carbonyl (C=O) groups excluding carboxylic acids is 1. The first kappa shape index (κ1) is 15.2. The van der Waals surface area contributed by atoms with Crippen molar-refractivity contribution in [2.24, 2.45) is 5.92 Å². The highest BCUT2D eigenvalue weighted by atomic mass is 32.1. The van der Waals surface area contributed by atoms with Crippen LogP contribution < -0.4 is 5.56 Å². The molecule has 1 saturated heterocycles. The Hall–Kier alpha value is -1.69. The van der Waals surface area contributed by atoms with E-state index in [2.05, 4.69) is 18.8 Å². The van der Waals surface area contributed by atoms with Crippen molar-refractivity contribution in [3.8, 4) is 0 Å². The summed E-state index contributed by atoms with van der Waals surface area (Å²) in [6.45, 7) is 5.90. The molecule has 2 aromatic heterocycles. The van der Waals surface area contributed by atoms with Crippen molar-refractivity contribution in [2.75, 3.05) is 13.1 Å². The monoisotopic (exact) mass is 319 g/mol. The summed E-state index contributed by atoms with van der Waals surface area (Å²) in [4.78, 5) is 33.0. The van der Waals surface area contributed by atoms with E-state index in [9.17, 15) is 9.59 Å². The fraction of sp³-hybridized carbons (Fsp3) is 0.562. The summed E-state index contributed by atoms with van der Waals surface area (Å²) in [5.74, 6) is 0.555. The van der Waals surface area contributed by atoms with E-state index in [1.54, 1.807) is 11.3 Å². The van der Waals surface area contributed by atoms with Gasteiger partial charge in [-0.2, -0.15) is 0 Å². The minimum absolute atomic E-state index is 0.0146. The Morgan fingerprint density at radius 1 is 1.50 bits per heavy atom. The predicted octanol–water partition coefficient (Wildman–Crippen LogP) is 2.28. The lowest BCUT2D eigenvalue weighted by molar-refractivity contribution is -0.133. The standard InChI is InChI=1S/C16H21N3O2S/c1-3-12-7-13-15(22-12)17-10-19(16(13)21)9-14(20)18-6-4-5-11(2)8-18/h7,10-11H,3-6,8-9H2,1-2H3/t11-/m0/s1. The predicted molar refractivity (Wildman–Crippen MR) is 88.2 cm³/mol.